The van der Waals surface area contributed by atoms with E-state index in [2.05, 4.69) is 15.0 Å². The van der Waals surface area contributed by atoms with Gasteiger partial charge in [-0.15, -0.1) is 0 Å². The van der Waals surface area contributed by atoms with Gasteiger partial charge in [0, 0.05) is 38.8 Å². The lowest BCUT2D eigenvalue weighted by molar-refractivity contribution is 0.000367. The zero-order chi connectivity index (χ0) is 19.1. The number of rotatable bonds is 9. The Hall–Kier alpha value is -1.93. The maximum absolute atomic E-state index is 10.2. The van der Waals surface area contributed by atoms with Crippen LogP contribution in [-0.2, 0) is 17.9 Å². The second kappa shape index (κ2) is 9.85. The smallest absolute Gasteiger partial charge is 0.150 e. The third-order valence-corrected chi connectivity index (χ3v) is 4.73. The molecular weight excluding hydrogens is 346 g/mol. The first kappa shape index (κ1) is 19.8. The van der Waals surface area contributed by atoms with Crippen molar-refractivity contribution in [3.05, 3.63) is 47.3 Å². The SMILES string of the molecule is COc1ccc(COCC(O)CN2CCN(Cc3cc(C)no3)CC2)cc1. The highest BCUT2D eigenvalue weighted by Crippen LogP contribution is 2.13. The van der Waals surface area contributed by atoms with Crippen molar-refractivity contribution < 1.29 is 19.1 Å². The molecule has 1 N–H and O–H groups in total. The van der Waals surface area contributed by atoms with E-state index in [1.165, 1.54) is 0 Å². The highest BCUT2D eigenvalue weighted by Gasteiger charge is 2.20. The minimum absolute atomic E-state index is 0.337. The summed E-state index contributed by atoms with van der Waals surface area (Å²) >= 11 is 0. The summed E-state index contributed by atoms with van der Waals surface area (Å²) in [6, 6.07) is 9.75. The number of nitrogens with zero attached hydrogens (tertiary/aromatic N) is 3. The molecule has 1 atom stereocenters. The molecule has 27 heavy (non-hydrogen) atoms. The Labute approximate surface area is 160 Å². The summed E-state index contributed by atoms with van der Waals surface area (Å²) < 4.78 is 16.1. The number of ether oxygens (including phenoxy) is 2. The minimum atomic E-state index is -0.480. The normalized spacial score (nSPS) is 17.1. The van der Waals surface area contributed by atoms with Gasteiger partial charge in [0.1, 0.15) is 5.75 Å². The maximum atomic E-state index is 10.2. The van der Waals surface area contributed by atoms with Gasteiger partial charge in [-0.1, -0.05) is 17.3 Å². The van der Waals surface area contributed by atoms with Gasteiger partial charge in [0.2, 0.25) is 0 Å². The van der Waals surface area contributed by atoms with E-state index in [1.54, 1.807) is 7.11 Å². The highest BCUT2D eigenvalue weighted by atomic mass is 16.5. The molecule has 7 heteroatoms. The lowest BCUT2D eigenvalue weighted by Crippen LogP contribution is -2.48. The van der Waals surface area contributed by atoms with Crippen LogP contribution in [0, 0.1) is 6.92 Å². The molecule has 1 saturated heterocycles. The van der Waals surface area contributed by atoms with Crippen molar-refractivity contribution in [1.82, 2.24) is 15.0 Å². The topological polar surface area (TPSA) is 71.2 Å². The molecule has 1 aliphatic rings. The van der Waals surface area contributed by atoms with E-state index < -0.39 is 6.10 Å². The number of aromatic nitrogens is 1. The number of aliphatic hydroxyl groups excluding tert-OH is 1. The van der Waals surface area contributed by atoms with Crippen LogP contribution in [-0.4, -0.2) is 72.6 Å². The predicted molar refractivity (Wildman–Crippen MR) is 102 cm³/mol. The third-order valence-electron chi connectivity index (χ3n) is 4.73. The zero-order valence-corrected chi connectivity index (χ0v) is 16.1. The summed E-state index contributed by atoms with van der Waals surface area (Å²) in [6.07, 6.45) is -0.480. The molecule has 0 radical (unpaired) electrons. The molecule has 148 valence electrons. The lowest BCUT2D eigenvalue weighted by atomic mass is 10.2. The number of β-amino-alcohol motifs (C(OH)–C–C–N with tert-alkyl or cyclic N) is 1. The Morgan fingerprint density at radius 1 is 1.15 bits per heavy atom. The molecule has 1 fully saturated rings. The van der Waals surface area contributed by atoms with Crippen LogP contribution in [0.2, 0.25) is 0 Å². The predicted octanol–water partition coefficient (Wildman–Crippen LogP) is 1.69. The van der Waals surface area contributed by atoms with E-state index in [9.17, 15) is 5.11 Å². The Bertz CT molecular complexity index is 681. The van der Waals surface area contributed by atoms with E-state index in [-0.39, 0.29) is 0 Å². The van der Waals surface area contributed by atoms with Crippen molar-refractivity contribution in [3.63, 3.8) is 0 Å². The average molecular weight is 375 g/mol. The fourth-order valence-corrected chi connectivity index (χ4v) is 3.23. The van der Waals surface area contributed by atoms with Gasteiger partial charge < -0.3 is 19.1 Å². The van der Waals surface area contributed by atoms with Crippen molar-refractivity contribution in [2.24, 2.45) is 0 Å². The number of piperazine rings is 1. The van der Waals surface area contributed by atoms with Gasteiger partial charge in [-0.05, 0) is 24.6 Å². The van der Waals surface area contributed by atoms with Crippen molar-refractivity contribution in [1.29, 1.82) is 0 Å². The highest BCUT2D eigenvalue weighted by molar-refractivity contribution is 5.26. The molecule has 0 aliphatic carbocycles. The third kappa shape index (κ3) is 6.32. The molecule has 0 amide bonds. The standard InChI is InChI=1S/C20H29N3O4/c1-16-11-20(27-21-16)13-23-9-7-22(8-10-23)12-18(24)15-26-14-17-3-5-19(25-2)6-4-17/h3-6,11,18,24H,7-10,12-15H2,1-2H3. The molecule has 7 nitrogen and oxygen atoms in total. The minimum Gasteiger partial charge on any atom is -0.497 e. The molecule has 1 aromatic heterocycles. The fourth-order valence-electron chi connectivity index (χ4n) is 3.23. The van der Waals surface area contributed by atoms with E-state index in [1.807, 2.05) is 37.3 Å². The molecule has 0 spiro atoms. The van der Waals surface area contributed by atoms with Crippen LogP contribution < -0.4 is 4.74 Å². The first-order valence-corrected chi connectivity index (χ1v) is 9.38. The number of benzene rings is 1. The molecular formula is C20H29N3O4. The van der Waals surface area contributed by atoms with Gasteiger partial charge in [0.15, 0.2) is 5.76 Å². The monoisotopic (exact) mass is 375 g/mol. The quantitative estimate of drug-likeness (QED) is 0.715. The Morgan fingerprint density at radius 3 is 2.48 bits per heavy atom. The van der Waals surface area contributed by atoms with Crippen molar-refractivity contribution in [2.75, 3.05) is 46.4 Å². The van der Waals surface area contributed by atoms with E-state index in [4.69, 9.17) is 14.0 Å². The largest absolute Gasteiger partial charge is 0.497 e. The number of aliphatic hydroxyl groups is 1. The van der Waals surface area contributed by atoms with Crippen LogP contribution in [0.15, 0.2) is 34.9 Å². The molecule has 2 aromatic rings. The molecule has 0 bridgehead atoms. The van der Waals surface area contributed by atoms with Gasteiger partial charge in [0.25, 0.3) is 0 Å². The molecule has 1 aromatic carbocycles. The number of aryl methyl sites for hydroxylation is 1. The Balaban J connectivity index is 1.31. The Morgan fingerprint density at radius 2 is 1.85 bits per heavy atom. The van der Waals surface area contributed by atoms with Crippen molar-refractivity contribution in [2.45, 2.75) is 26.2 Å². The number of methoxy groups -OCH3 is 1. The second-order valence-electron chi connectivity index (χ2n) is 7.03. The van der Waals surface area contributed by atoms with Gasteiger partial charge >= 0.3 is 0 Å². The summed E-state index contributed by atoms with van der Waals surface area (Å²) in [7, 11) is 1.65. The summed E-state index contributed by atoms with van der Waals surface area (Å²) in [5.74, 6) is 1.74. The van der Waals surface area contributed by atoms with Crippen molar-refractivity contribution >= 4 is 0 Å². The molecule has 1 aliphatic heterocycles. The summed E-state index contributed by atoms with van der Waals surface area (Å²) in [6.45, 7) is 7.97. The average Bonchev–Trinajstić information content (AvgIpc) is 3.08. The zero-order valence-electron chi connectivity index (χ0n) is 16.1. The first-order valence-electron chi connectivity index (χ1n) is 9.38. The van der Waals surface area contributed by atoms with Crippen LogP contribution in [0.4, 0.5) is 0 Å². The van der Waals surface area contributed by atoms with Crippen molar-refractivity contribution in [3.8, 4) is 5.75 Å². The Kier molecular flexibility index (Phi) is 7.23. The lowest BCUT2D eigenvalue weighted by Gasteiger charge is -2.35. The molecule has 0 saturated carbocycles. The van der Waals surface area contributed by atoms with Gasteiger partial charge in [-0.2, -0.15) is 0 Å². The summed E-state index contributed by atoms with van der Waals surface area (Å²) in [5.41, 5.74) is 1.99. The van der Waals surface area contributed by atoms with E-state index in [0.29, 0.717) is 19.8 Å². The van der Waals surface area contributed by atoms with E-state index in [0.717, 1.165) is 55.5 Å². The second-order valence-corrected chi connectivity index (χ2v) is 7.03. The molecule has 2 heterocycles. The molecule has 1 unspecified atom stereocenters. The van der Waals surface area contributed by atoms with Gasteiger partial charge in [-0.3, -0.25) is 9.80 Å². The number of hydrogen-bond donors (Lipinski definition) is 1. The molecule has 3 rings (SSSR count). The summed E-state index contributed by atoms with van der Waals surface area (Å²) in [5, 5.41) is 14.2. The maximum Gasteiger partial charge on any atom is 0.150 e. The van der Waals surface area contributed by atoms with Crippen LogP contribution in [0.25, 0.3) is 0 Å². The van der Waals surface area contributed by atoms with Crippen LogP contribution in [0.3, 0.4) is 0 Å². The first-order chi connectivity index (χ1) is 13.1. The van der Waals surface area contributed by atoms with E-state index >= 15 is 0 Å². The van der Waals surface area contributed by atoms with Crippen LogP contribution in [0.1, 0.15) is 17.0 Å². The van der Waals surface area contributed by atoms with Crippen LogP contribution >= 0.6 is 0 Å². The van der Waals surface area contributed by atoms with Gasteiger partial charge in [-0.25, -0.2) is 0 Å². The fraction of sp³-hybridized carbons (Fsp3) is 0.550. The van der Waals surface area contributed by atoms with Gasteiger partial charge in [0.05, 0.1) is 38.7 Å². The summed E-state index contributed by atoms with van der Waals surface area (Å²) in [4.78, 5) is 4.63. The number of hydrogen-bond acceptors (Lipinski definition) is 7. The van der Waals surface area contributed by atoms with Crippen LogP contribution in [0.5, 0.6) is 5.75 Å².